The molecule has 0 unspecified atom stereocenters. The van der Waals surface area contributed by atoms with Crippen molar-refractivity contribution in [3.05, 3.63) is 23.8 Å². The van der Waals surface area contributed by atoms with E-state index in [9.17, 15) is 4.79 Å². The van der Waals surface area contributed by atoms with Crippen LogP contribution in [0.4, 0.5) is 11.4 Å². The zero-order chi connectivity index (χ0) is 13.5. The topological polar surface area (TPSA) is 41.1 Å². The summed E-state index contributed by atoms with van der Waals surface area (Å²) >= 11 is 0. The minimum atomic E-state index is 0.263. The third-order valence-electron chi connectivity index (χ3n) is 4.87. The summed E-state index contributed by atoms with van der Waals surface area (Å²) < 4.78 is 0. The van der Waals surface area contributed by atoms with Crippen LogP contribution in [0.15, 0.2) is 18.2 Å². The van der Waals surface area contributed by atoms with Gasteiger partial charge in [0, 0.05) is 23.8 Å². The molecule has 3 heteroatoms. The number of amides is 1. The summed E-state index contributed by atoms with van der Waals surface area (Å²) in [4.78, 5) is 12.5. The summed E-state index contributed by atoms with van der Waals surface area (Å²) in [6, 6.07) is 6.29. The van der Waals surface area contributed by atoms with Gasteiger partial charge in [0.2, 0.25) is 5.91 Å². The lowest BCUT2D eigenvalue weighted by atomic mass is 9.96. The molecule has 1 aromatic rings. The van der Waals surface area contributed by atoms with E-state index in [1.54, 1.807) is 0 Å². The quantitative estimate of drug-likeness (QED) is 0.880. The fourth-order valence-electron chi connectivity index (χ4n) is 3.50. The molecule has 2 aliphatic carbocycles. The van der Waals surface area contributed by atoms with E-state index < -0.39 is 0 Å². The highest BCUT2D eigenvalue weighted by atomic mass is 16.1. The molecule has 0 saturated heterocycles. The zero-order valence-electron chi connectivity index (χ0n) is 11.8. The van der Waals surface area contributed by atoms with Crippen LogP contribution in [-0.2, 0) is 11.2 Å². The number of anilines is 2. The van der Waals surface area contributed by atoms with Gasteiger partial charge in [-0.25, -0.2) is 0 Å². The maximum atomic E-state index is 12.5. The second-order valence-electron chi connectivity index (χ2n) is 6.59. The highest BCUT2D eigenvalue weighted by Crippen LogP contribution is 2.49. The van der Waals surface area contributed by atoms with Crippen LogP contribution in [0.3, 0.4) is 0 Å². The Morgan fingerprint density at radius 1 is 1.20 bits per heavy atom. The van der Waals surface area contributed by atoms with Crippen molar-refractivity contribution in [3.8, 4) is 0 Å². The lowest BCUT2D eigenvalue weighted by Gasteiger charge is -2.20. The Morgan fingerprint density at radius 3 is 2.65 bits per heavy atom. The monoisotopic (exact) mass is 270 g/mol. The van der Waals surface area contributed by atoms with Gasteiger partial charge < -0.3 is 10.6 Å². The third kappa shape index (κ3) is 2.41. The first-order chi connectivity index (χ1) is 9.81. The molecular formula is C17H22N2O. The fraction of sp³-hybridized carbons (Fsp3) is 0.588. The second-order valence-corrected chi connectivity index (χ2v) is 6.59. The predicted octanol–water partition coefficient (Wildman–Crippen LogP) is 3.42. The van der Waals surface area contributed by atoms with Crippen molar-refractivity contribution >= 4 is 17.3 Å². The lowest BCUT2D eigenvalue weighted by Crippen LogP contribution is -2.26. The molecule has 1 aliphatic heterocycles. The van der Waals surface area contributed by atoms with Crippen molar-refractivity contribution in [2.24, 2.45) is 17.8 Å². The molecule has 1 amide bonds. The molecule has 2 fully saturated rings. The van der Waals surface area contributed by atoms with E-state index in [1.165, 1.54) is 43.4 Å². The Kier molecular flexibility index (Phi) is 2.94. The summed E-state index contributed by atoms with van der Waals surface area (Å²) in [5.41, 5.74) is 3.54. The van der Waals surface area contributed by atoms with Crippen LogP contribution >= 0.6 is 0 Å². The molecule has 0 spiro atoms. The Labute approximate surface area is 120 Å². The van der Waals surface area contributed by atoms with Crippen molar-refractivity contribution in [2.75, 3.05) is 17.2 Å². The summed E-state index contributed by atoms with van der Waals surface area (Å²) in [7, 11) is 0. The van der Waals surface area contributed by atoms with Gasteiger partial charge in [-0.05, 0) is 74.1 Å². The first kappa shape index (κ1) is 12.2. The van der Waals surface area contributed by atoms with Gasteiger partial charge in [-0.15, -0.1) is 0 Å². The molecule has 2 saturated carbocycles. The van der Waals surface area contributed by atoms with Crippen LogP contribution < -0.4 is 10.6 Å². The Hall–Kier alpha value is -1.51. The van der Waals surface area contributed by atoms with E-state index in [2.05, 4.69) is 22.8 Å². The lowest BCUT2D eigenvalue weighted by molar-refractivity contribution is -0.121. The zero-order valence-corrected chi connectivity index (χ0v) is 11.8. The van der Waals surface area contributed by atoms with Crippen LogP contribution in [-0.4, -0.2) is 12.5 Å². The summed E-state index contributed by atoms with van der Waals surface area (Å²) in [5, 5.41) is 6.58. The number of nitrogens with one attached hydrogen (secondary N) is 2. The van der Waals surface area contributed by atoms with Crippen molar-refractivity contribution < 1.29 is 4.79 Å². The van der Waals surface area contributed by atoms with E-state index in [-0.39, 0.29) is 11.8 Å². The van der Waals surface area contributed by atoms with Gasteiger partial charge in [-0.2, -0.15) is 0 Å². The maximum Gasteiger partial charge on any atom is 0.228 e. The molecule has 0 radical (unpaired) electrons. The average molecular weight is 270 g/mol. The number of carbonyl (C=O) groups excluding carboxylic acids is 1. The SMILES string of the molecule is O=C(Nc1ccc2c(c1)CCCN2)C(C1CC1)C1CC1. The number of hydrogen-bond acceptors (Lipinski definition) is 2. The molecule has 1 aromatic carbocycles. The smallest absolute Gasteiger partial charge is 0.228 e. The minimum Gasteiger partial charge on any atom is -0.385 e. The van der Waals surface area contributed by atoms with E-state index in [1.807, 2.05) is 6.07 Å². The second kappa shape index (κ2) is 4.80. The van der Waals surface area contributed by atoms with Crippen molar-refractivity contribution in [1.82, 2.24) is 0 Å². The van der Waals surface area contributed by atoms with Gasteiger partial charge in [0.15, 0.2) is 0 Å². The van der Waals surface area contributed by atoms with Crippen LogP contribution in [0, 0.1) is 17.8 Å². The van der Waals surface area contributed by atoms with Gasteiger partial charge in [0.05, 0.1) is 0 Å². The summed E-state index contributed by atoms with van der Waals surface area (Å²) in [5.74, 6) is 1.88. The Morgan fingerprint density at radius 2 is 1.95 bits per heavy atom. The van der Waals surface area contributed by atoms with Gasteiger partial charge in [0.25, 0.3) is 0 Å². The molecule has 106 valence electrons. The number of benzene rings is 1. The van der Waals surface area contributed by atoms with Crippen molar-refractivity contribution in [3.63, 3.8) is 0 Å². The number of hydrogen-bond donors (Lipinski definition) is 2. The van der Waals surface area contributed by atoms with E-state index >= 15 is 0 Å². The molecule has 20 heavy (non-hydrogen) atoms. The van der Waals surface area contributed by atoms with Crippen LogP contribution in [0.2, 0.25) is 0 Å². The Bertz CT molecular complexity index is 520. The first-order valence-corrected chi connectivity index (χ1v) is 7.99. The van der Waals surface area contributed by atoms with Gasteiger partial charge >= 0.3 is 0 Å². The average Bonchev–Trinajstić information content (AvgIpc) is 3.33. The van der Waals surface area contributed by atoms with E-state index in [0.29, 0.717) is 11.8 Å². The molecule has 0 bridgehead atoms. The van der Waals surface area contributed by atoms with Gasteiger partial charge in [-0.1, -0.05) is 0 Å². The van der Waals surface area contributed by atoms with Crippen LogP contribution in [0.5, 0.6) is 0 Å². The molecule has 2 N–H and O–H groups in total. The Balaban J connectivity index is 1.48. The van der Waals surface area contributed by atoms with Gasteiger partial charge in [-0.3, -0.25) is 4.79 Å². The molecule has 0 aromatic heterocycles. The predicted molar refractivity (Wildman–Crippen MR) is 80.8 cm³/mol. The number of fused-ring (bicyclic) bond motifs is 1. The van der Waals surface area contributed by atoms with Crippen LogP contribution in [0.1, 0.15) is 37.7 Å². The molecule has 1 heterocycles. The van der Waals surface area contributed by atoms with Crippen molar-refractivity contribution in [2.45, 2.75) is 38.5 Å². The third-order valence-corrected chi connectivity index (χ3v) is 4.87. The maximum absolute atomic E-state index is 12.5. The van der Waals surface area contributed by atoms with E-state index in [4.69, 9.17) is 0 Å². The normalized spacial score (nSPS) is 21.2. The van der Waals surface area contributed by atoms with Crippen molar-refractivity contribution in [1.29, 1.82) is 0 Å². The molecular weight excluding hydrogens is 248 g/mol. The standard InChI is InChI=1S/C17H22N2O/c20-17(16(11-3-4-11)12-5-6-12)19-14-7-8-15-13(10-14)2-1-9-18-15/h7-8,10-12,16,18H,1-6,9H2,(H,19,20). The summed E-state index contributed by atoms with van der Waals surface area (Å²) in [6.07, 6.45) is 7.30. The highest BCUT2D eigenvalue weighted by Gasteiger charge is 2.45. The molecule has 4 rings (SSSR count). The molecule has 3 aliphatic rings. The number of aryl methyl sites for hydroxylation is 1. The summed E-state index contributed by atoms with van der Waals surface area (Å²) in [6.45, 7) is 1.06. The van der Waals surface area contributed by atoms with Crippen LogP contribution in [0.25, 0.3) is 0 Å². The highest BCUT2D eigenvalue weighted by molar-refractivity contribution is 5.93. The fourth-order valence-corrected chi connectivity index (χ4v) is 3.50. The molecule has 3 nitrogen and oxygen atoms in total. The van der Waals surface area contributed by atoms with E-state index in [0.717, 1.165) is 18.7 Å². The number of carbonyl (C=O) groups is 1. The minimum absolute atomic E-state index is 0.263. The number of rotatable bonds is 4. The first-order valence-electron chi connectivity index (χ1n) is 7.99. The van der Waals surface area contributed by atoms with Gasteiger partial charge in [0.1, 0.15) is 0 Å². The molecule has 0 atom stereocenters. The largest absolute Gasteiger partial charge is 0.385 e.